The van der Waals surface area contributed by atoms with Gasteiger partial charge in [0.25, 0.3) is 5.91 Å². The molecule has 2 saturated heterocycles. The highest BCUT2D eigenvalue weighted by Crippen LogP contribution is 2.25. The summed E-state index contributed by atoms with van der Waals surface area (Å²) in [4.78, 5) is 36.7. The molecule has 0 unspecified atom stereocenters. The number of aromatic amines is 1. The van der Waals surface area contributed by atoms with Crippen LogP contribution in [0.4, 0.5) is 5.69 Å². The van der Waals surface area contributed by atoms with E-state index in [1.54, 1.807) is 23.4 Å². The Bertz CT molecular complexity index is 1200. The lowest BCUT2D eigenvalue weighted by molar-refractivity contribution is -0.137. The summed E-state index contributed by atoms with van der Waals surface area (Å²) in [6, 6.07) is 12.0. The van der Waals surface area contributed by atoms with Gasteiger partial charge in [-0.3, -0.25) is 19.7 Å². The number of nitrogens with one attached hydrogen (secondary N) is 1. The van der Waals surface area contributed by atoms with Crippen molar-refractivity contribution in [2.45, 2.75) is 26.7 Å². The fraction of sp³-hybridized carbons (Fsp3) is 0.407. The molecule has 0 radical (unpaired) electrons. The van der Waals surface area contributed by atoms with E-state index in [0.29, 0.717) is 37.6 Å². The van der Waals surface area contributed by atoms with Gasteiger partial charge in [-0.15, -0.1) is 0 Å². The van der Waals surface area contributed by atoms with Crippen molar-refractivity contribution in [3.63, 3.8) is 0 Å². The van der Waals surface area contributed by atoms with Crippen LogP contribution in [0.15, 0.2) is 48.8 Å². The summed E-state index contributed by atoms with van der Waals surface area (Å²) in [6.45, 7) is 8.46. The molecule has 2 fully saturated rings. The standard InChI is InChI=1S/C27H32N6O2/c1-19-5-6-20(2)25(16-19)31-12-14-32(15-13-31)26(34)22-4-3-11-33(18-22)27(35)24-17-23(29-30-24)21-7-9-28-10-8-21/h5-10,16-17,22H,3-4,11-15,18H2,1-2H3,(H,29,30)/t22-/m0/s1. The number of anilines is 1. The minimum Gasteiger partial charge on any atom is -0.368 e. The second-order valence-electron chi connectivity index (χ2n) is 9.60. The van der Waals surface area contributed by atoms with Crippen LogP contribution < -0.4 is 4.90 Å². The van der Waals surface area contributed by atoms with Gasteiger partial charge in [-0.1, -0.05) is 12.1 Å². The number of hydrogen-bond donors (Lipinski definition) is 1. The molecule has 1 N–H and O–H groups in total. The molecule has 0 bridgehead atoms. The number of aryl methyl sites for hydroxylation is 2. The molecule has 2 aromatic heterocycles. The second kappa shape index (κ2) is 9.90. The van der Waals surface area contributed by atoms with E-state index in [-0.39, 0.29) is 17.7 Å². The van der Waals surface area contributed by atoms with E-state index in [4.69, 9.17) is 0 Å². The fourth-order valence-corrected chi connectivity index (χ4v) is 5.12. The number of likely N-dealkylation sites (tertiary alicyclic amines) is 1. The van der Waals surface area contributed by atoms with E-state index >= 15 is 0 Å². The Morgan fingerprint density at radius 1 is 0.943 bits per heavy atom. The van der Waals surface area contributed by atoms with E-state index < -0.39 is 0 Å². The monoisotopic (exact) mass is 472 g/mol. The number of nitrogens with zero attached hydrogens (tertiary/aromatic N) is 5. The summed E-state index contributed by atoms with van der Waals surface area (Å²) in [5.41, 5.74) is 5.84. The van der Waals surface area contributed by atoms with Crippen molar-refractivity contribution in [2.75, 3.05) is 44.2 Å². The average Bonchev–Trinajstić information content (AvgIpc) is 3.40. The Balaban J connectivity index is 1.19. The van der Waals surface area contributed by atoms with Gasteiger partial charge in [-0.05, 0) is 62.1 Å². The van der Waals surface area contributed by atoms with Crippen LogP contribution in [0.5, 0.6) is 0 Å². The number of H-pyrrole nitrogens is 1. The Morgan fingerprint density at radius 3 is 2.49 bits per heavy atom. The highest BCUT2D eigenvalue weighted by atomic mass is 16.2. The van der Waals surface area contributed by atoms with Crippen LogP contribution >= 0.6 is 0 Å². The topological polar surface area (TPSA) is 85.4 Å². The van der Waals surface area contributed by atoms with Gasteiger partial charge < -0.3 is 14.7 Å². The van der Waals surface area contributed by atoms with Crippen molar-refractivity contribution in [3.05, 3.63) is 65.6 Å². The molecule has 2 amide bonds. The van der Waals surface area contributed by atoms with Crippen molar-refractivity contribution >= 4 is 17.5 Å². The summed E-state index contributed by atoms with van der Waals surface area (Å²) in [5.74, 6) is -0.0807. The summed E-state index contributed by atoms with van der Waals surface area (Å²) in [7, 11) is 0. The number of aromatic nitrogens is 3. The molecule has 2 aliphatic heterocycles. The van der Waals surface area contributed by atoms with Crippen LogP contribution in [0, 0.1) is 19.8 Å². The zero-order valence-electron chi connectivity index (χ0n) is 20.4. The number of amides is 2. The number of benzene rings is 1. The molecular weight excluding hydrogens is 440 g/mol. The van der Waals surface area contributed by atoms with Gasteiger partial charge >= 0.3 is 0 Å². The molecule has 182 valence electrons. The first-order valence-corrected chi connectivity index (χ1v) is 12.4. The number of piperidine rings is 1. The zero-order chi connectivity index (χ0) is 24.4. The molecule has 2 aliphatic rings. The largest absolute Gasteiger partial charge is 0.368 e. The third-order valence-electron chi connectivity index (χ3n) is 7.14. The molecule has 0 saturated carbocycles. The number of pyridine rings is 1. The Labute approximate surface area is 205 Å². The molecule has 0 aliphatic carbocycles. The van der Waals surface area contributed by atoms with Crippen molar-refractivity contribution in [3.8, 4) is 11.3 Å². The molecular formula is C27H32N6O2. The molecule has 1 atom stereocenters. The molecule has 4 heterocycles. The van der Waals surface area contributed by atoms with Crippen LogP contribution in [0.25, 0.3) is 11.3 Å². The number of rotatable bonds is 4. The van der Waals surface area contributed by atoms with Crippen LogP contribution in [-0.2, 0) is 4.79 Å². The maximum atomic E-state index is 13.4. The summed E-state index contributed by atoms with van der Waals surface area (Å²) >= 11 is 0. The maximum Gasteiger partial charge on any atom is 0.271 e. The van der Waals surface area contributed by atoms with Crippen molar-refractivity contribution < 1.29 is 9.59 Å². The average molecular weight is 473 g/mol. The van der Waals surface area contributed by atoms with Crippen molar-refractivity contribution in [1.82, 2.24) is 25.0 Å². The highest BCUT2D eigenvalue weighted by Gasteiger charge is 2.33. The lowest BCUT2D eigenvalue weighted by Crippen LogP contribution is -2.53. The first-order valence-electron chi connectivity index (χ1n) is 12.4. The molecule has 35 heavy (non-hydrogen) atoms. The van der Waals surface area contributed by atoms with Crippen molar-refractivity contribution in [2.24, 2.45) is 5.92 Å². The summed E-state index contributed by atoms with van der Waals surface area (Å²) < 4.78 is 0. The summed E-state index contributed by atoms with van der Waals surface area (Å²) in [5, 5.41) is 7.17. The smallest absolute Gasteiger partial charge is 0.271 e. The first-order chi connectivity index (χ1) is 17.0. The van der Waals surface area contributed by atoms with Gasteiger partial charge in [0.2, 0.25) is 5.91 Å². The Hall–Kier alpha value is -3.68. The zero-order valence-corrected chi connectivity index (χ0v) is 20.4. The Kier molecular flexibility index (Phi) is 6.53. The molecule has 8 nitrogen and oxygen atoms in total. The lowest BCUT2D eigenvalue weighted by Gasteiger charge is -2.40. The third-order valence-corrected chi connectivity index (χ3v) is 7.14. The SMILES string of the molecule is Cc1ccc(C)c(N2CCN(C(=O)[C@H]3CCCN(C(=O)c4cc(-c5ccncc5)n[nH]4)C3)CC2)c1. The van der Waals surface area contributed by atoms with Gasteiger partial charge in [0, 0.05) is 62.9 Å². The molecule has 3 aromatic rings. The van der Waals surface area contributed by atoms with Crippen LogP contribution in [0.3, 0.4) is 0 Å². The number of piperazine rings is 1. The predicted molar refractivity (Wildman–Crippen MR) is 135 cm³/mol. The highest BCUT2D eigenvalue weighted by molar-refractivity contribution is 5.94. The minimum atomic E-state index is -0.150. The number of hydrogen-bond acceptors (Lipinski definition) is 5. The van der Waals surface area contributed by atoms with E-state index in [9.17, 15) is 9.59 Å². The lowest BCUT2D eigenvalue weighted by atomic mass is 9.95. The quantitative estimate of drug-likeness (QED) is 0.630. The van der Waals surface area contributed by atoms with Gasteiger partial charge in [-0.2, -0.15) is 5.10 Å². The molecule has 8 heteroatoms. The maximum absolute atomic E-state index is 13.4. The second-order valence-corrected chi connectivity index (χ2v) is 9.60. The molecule has 0 spiro atoms. The predicted octanol–water partition coefficient (Wildman–Crippen LogP) is 3.29. The van der Waals surface area contributed by atoms with Crippen molar-refractivity contribution in [1.29, 1.82) is 0 Å². The normalized spacial score (nSPS) is 18.6. The van der Waals surface area contributed by atoms with E-state index in [1.165, 1.54) is 16.8 Å². The molecule has 5 rings (SSSR count). The van der Waals surface area contributed by atoms with Gasteiger partial charge in [0.15, 0.2) is 0 Å². The number of carbonyl (C=O) groups excluding carboxylic acids is 2. The summed E-state index contributed by atoms with van der Waals surface area (Å²) in [6.07, 6.45) is 5.06. The van der Waals surface area contributed by atoms with Gasteiger partial charge in [-0.25, -0.2) is 0 Å². The Morgan fingerprint density at radius 2 is 1.71 bits per heavy atom. The van der Waals surface area contributed by atoms with Crippen LogP contribution in [0.2, 0.25) is 0 Å². The third kappa shape index (κ3) is 4.92. The van der Waals surface area contributed by atoms with E-state index in [1.807, 2.05) is 17.0 Å². The van der Waals surface area contributed by atoms with E-state index in [2.05, 4.69) is 52.1 Å². The van der Waals surface area contributed by atoms with Crippen LogP contribution in [0.1, 0.15) is 34.5 Å². The van der Waals surface area contributed by atoms with Gasteiger partial charge in [0.1, 0.15) is 5.69 Å². The first kappa shape index (κ1) is 23.1. The van der Waals surface area contributed by atoms with Gasteiger partial charge in [0.05, 0.1) is 11.6 Å². The van der Waals surface area contributed by atoms with Crippen LogP contribution in [-0.4, -0.2) is 76.1 Å². The fourth-order valence-electron chi connectivity index (χ4n) is 5.12. The van der Waals surface area contributed by atoms with E-state index in [0.717, 1.165) is 31.5 Å². The minimum absolute atomic E-state index is 0.102. The number of carbonyl (C=O) groups is 2. The molecule has 1 aromatic carbocycles.